The third-order valence-electron chi connectivity index (χ3n) is 4.75. The van der Waals surface area contributed by atoms with E-state index in [0.717, 1.165) is 37.1 Å². The van der Waals surface area contributed by atoms with Crippen molar-refractivity contribution in [2.24, 2.45) is 0 Å². The van der Waals surface area contributed by atoms with Gasteiger partial charge in [0.2, 0.25) is 0 Å². The number of halogens is 3. The van der Waals surface area contributed by atoms with Crippen molar-refractivity contribution in [1.29, 1.82) is 0 Å². The number of benzene rings is 4. The summed E-state index contributed by atoms with van der Waals surface area (Å²) < 4.78 is 4.21. The van der Waals surface area contributed by atoms with Crippen molar-refractivity contribution in [2.45, 2.75) is 0 Å². The second-order valence-corrected chi connectivity index (χ2v) is 9.06. The zero-order valence-electron chi connectivity index (χ0n) is 16.8. The summed E-state index contributed by atoms with van der Waals surface area (Å²) in [5, 5.41) is -0.424. The normalized spacial score (nSPS) is 10.5. The van der Waals surface area contributed by atoms with Gasteiger partial charge in [-0.2, -0.15) is 0 Å². The standard InChI is InChI=1S/C19H13BrN2.C7H4BrClO/c20-15-12-10-14(11-13-15)19-21-17-8-4-5-9-18(17)22(19)16-6-2-1-3-7-16;8-6-3-1-5(2-4-6)7(9)10/h1-13H;1-4H. The molecule has 5 rings (SSSR count). The molecule has 0 bridgehead atoms. The molecular formula is C26H17Br2ClN2O. The lowest BCUT2D eigenvalue weighted by molar-refractivity contribution is 0.108. The highest BCUT2D eigenvalue weighted by molar-refractivity contribution is 9.10. The van der Waals surface area contributed by atoms with Crippen LogP contribution in [0.25, 0.3) is 28.1 Å². The van der Waals surface area contributed by atoms with Gasteiger partial charge in [-0.25, -0.2) is 4.98 Å². The predicted octanol–water partition coefficient (Wildman–Crippen LogP) is 8.28. The van der Waals surface area contributed by atoms with Crippen molar-refractivity contribution in [3.05, 3.63) is 118 Å². The summed E-state index contributed by atoms with van der Waals surface area (Å²) >= 11 is 11.9. The van der Waals surface area contributed by atoms with Crippen LogP contribution in [0.4, 0.5) is 0 Å². The fourth-order valence-corrected chi connectivity index (χ4v) is 3.89. The third-order valence-corrected chi connectivity index (χ3v) is 6.02. The molecule has 6 heteroatoms. The molecule has 32 heavy (non-hydrogen) atoms. The Balaban J connectivity index is 0.000000207. The molecule has 0 fully saturated rings. The number of imidazole rings is 1. The third kappa shape index (κ3) is 5.18. The summed E-state index contributed by atoms with van der Waals surface area (Å²) in [5.74, 6) is 0.958. The number of para-hydroxylation sites is 3. The maximum absolute atomic E-state index is 10.5. The zero-order valence-corrected chi connectivity index (χ0v) is 20.7. The Bertz CT molecular complexity index is 1350. The summed E-state index contributed by atoms with van der Waals surface area (Å²) in [7, 11) is 0. The molecule has 158 valence electrons. The fraction of sp³-hybridized carbons (Fsp3) is 0. The number of fused-ring (bicyclic) bond motifs is 1. The van der Waals surface area contributed by atoms with Crippen molar-refractivity contribution in [2.75, 3.05) is 0 Å². The summed E-state index contributed by atoms with van der Waals surface area (Å²) in [4.78, 5) is 15.3. The van der Waals surface area contributed by atoms with Crippen LogP contribution in [-0.4, -0.2) is 14.8 Å². The van der Waals surface area contributed by atoms with E-state index in [1.165, 1.54) is 0 Å². The summed E-state index contributed by atoms with van der Waals surface area (Å²) in [6, 6.07) is 33.7. The zero-order chi connectivity index (χ0) is 22.5. The van der Waals surface area contributed by atoms with Gasteiger partial charge < -0.3 is 0 Å². The molecule has 0 atom stereocenters. The first kappa shape index (κ1) is 22.5. The lowest BCUT2D eigenvalue weighted by Gasteiger charge is -2.09. The molecule has 0 saturated heterocycles. The van der Waals surface area contributed by atoms with Crippen LogP contribution in [-0.2, 0) is 0 Å². The highest BCUT2D eigenvalue weighted by Gasteiger charge is 2.13. The summed E-state index contributed by atoms with van der Waals surface area (Å²) in [6.45, 7) is 0. The molecule has 0 aliphatic carbocycles. The number of nitrogens with zero attached hydrogens (tertiary/aromatic N) is 2. The van der Waals surface area contributed by atoms with Crippen LogP contribution < -0.4 is 0 Å². The number of rotatable bonds is 3. The van der Waals surface area contributed by atoms with Crippen molar-refractivity contribution in [3.63, 3.8) is 0 Å². The van der Waals surface area contributed by atoms with Gasteiger partial charge in [0.25, 0.3) is 5.24 Å². The van der Waals surface area contributed by atoms with E-state index in [-0.39, 0.29) is 0 Å². The highest BCUT2D eigenvalue weighted by Crippen LogP contribution is 2.29. The van der Waals surface area contributed by atoms with E-state index in [9.17, 15) is 4.79 Å². The first-order chi connectivity index (χ1) is 15.5. The summed E-state index contributed by atoms with van der Waals surface area (Å²) in [5.41, 5.74) is 4.86. The van der Waals surface area contributed by atoms with Gasteiger partial charge in [-0.3, -0.25) is 9.36 Å². The van der Waals surface area contributed by atoms with E-state index < -0.39 is 5.24 Å². The van der Waals surface area contributed by atoms with Crippen LogP contribution in [0, 0.1) is 0 Å². The van der Waals surface area contributed by atoms with Crippen LogP contribution in [0.15, 0.2) is 112 Å². The molecule has 1 aromatic heterocycles. The minimum absolute atomic E-state index is 0.424. The summed E-state index contributed by atoms with van der Waals surface area (Å²) in [6.07, 6.45) is 0. The van der Waals surface area contributed by atoms with Crippen LogP contribution >= 0.6 is 43.5 Å². The minimum Gasteiger partial charge on any atom is -0.292 e. The maximum atomic E-state index is 10.5. The van der Waals surface area contributed by atoms with E-state index in [1.807, 2.05) is 24.3 Å². The van der Waals surface area contributed by atoms with Crippen LogP contribution in [0.1, 0.15) is 10.4 Å². The average Bonchev–Trinajstić information content (AvgIpc) is 3.20. The van der Waals surface area contributed by atoms with E-state index >= 15 is 0 Å². The first-order valence-electron chi connectivity index (χ1n) is 9.77. The predicted molar refractivity (Wildman–Crippen MR) is 139 cm³/mol. The molecule has 0 aliphatic rings. The first-order valence-corrected chi connectivity index (χ1v) is 11.7. The SMILES string of the molecule is Brc1ccc(-c2nc3ccccc3n2-c2ccccc2)cc1.O=C(Cl)c1ccc(Br)cc1. The van der Waals surface area contributed by atoms with Crippen molar-refractivity contribution in [1.82, 2.24) is 9.55 Å². The van der Waals surface area contributed by atoms with E-state index in [4.69, 9.17) is 16.6 Å². The molecule has 0 spiro atoms. The van der Waals surface area contributed by atoms with Gasteiger partial charge in [-0.15, -0.1) is 0 Å². The Morgan fingerprint density at radius 1 is 0.719 bits per heavy atom. The molecule has 5 aromatic rings. The lowest BCUT2D eigenvalue weighted by Crippen LogP contribution is -1.97. The molecule has 3 nitrogen and oxygen atoms in total. The number of aromatic nitrogens is 2. The minimum atomic E-state index is -0.424. The van der Waals surface area contributed by atoms with Gasteiger partial charge in [-0.1, -0.05) is 74.3 Å². The molecular weight excluding hydrogens is 552 g/mol. The van der Waals surface area contributed by atoms with Crippen LogP contribution in [0.5, 0.6) is 0 Å². The van der Waals surface area contributed by atoms with Gasteiger partial charge in [0, 0.05) is 25.8 Å². The van der Waals surface area contributed by atoms with Crippen molar-refractivity contribution < 1.29 is 4.79 Å². The molecule has 1 heterocycles. The van der Waals surface area contributed by atoms with E-state index in [2.05, 4.69) is 91.0 Å². The second-order valence-electron chi connectivity index (χ2n) is 6.88. The van der Waals surface area contributed by atoms with E-state index in [0.29, 0.717) is 5.56 Å². The Kier molecular flexibility index (Phi) is 7.20. The quantitative estimate of drug-likeness (QED) is 0.205. The van der Waals surface area contributed by atoms with E-state index in [1.54, 1.807) is 24.3 Å². The topological polar surface area (TPSA) is 34.9 Å². The average molecular weight is 569 g/mol. The molecule has 0 radical (unpaired) electrons. The second kappa shape index (κ2) is 10.3. The Morgan fingerprint density at radius 3 is 1.91 bits per heavy atom. The molecule has 0 unspecified atom stereocenters. The Labute approximate surface area is 207 Å². The molecule has 4 aromatic carbocycles. The largest absolute Gasteiger partial charge is 0.292 e. The molecule has 0 N–H and O–H groups in total. The van der Waals surface area contributed by atoms with Gasteiger partial charge in [-0.05, 0) is 72.3 Å². The number of hydrogen-bond acceptors (Lipinski definition) is 2. The smallest absolute Gasteiger partial charge is 0.252 e. The van der Waals surface area contributed by atoms with Gasteiger partial charge in [0.15, 0.2) is 0 Å². The number of carbonyl (C=O) groups is 1. The molecule has 0 aliphatic heterocycles. The van der Waals surface area contributed by atoms with Gasteiger partial charge in [0.05, 0.1) is 11.0 Å². The lowest BCUT2D eigenvalue weighted by atomic mass is 10.2. The number of carbonyl (C=O) groups excluding carboxylic acids is 1. The monoisotopic (exact) mass is 566 g/mol. The van der Waals surface area contributed by atoms with Crippen molar-refractivity contribution in [3.8, 4) is 17.1 Å². The van der Waals surface area contributed by atoms with Gasteiger partial charge in [0.1, 0.15) is 5.82 Å². The van der Waals surface area contributed by atoms with Crippen molar-refractivity contribution >= 4 is 59.7 Å². The van der Waals surface area contributed by atoms with Crippen LogP contribution in [0.3, 0.4) is 0 Å². The molecule has 0 saturated carbocycles. The van der Waals surface area contributed by atoms with Crippen LogP contribution in [0.2, 0.25) is 0 Å². The Hall–Kier alpha value is -2.73. The highest BCUT2D eigenvalue weighted by atomic mass is 79.9. The van der Waals surface area contributed by atoms with Gasteiger partial charge >= 0.3 is 0 Å². The maximum Gasteiger partial charge on any atom is 0.252 e. The Morgan fingerprint density at radius 2 is 1.28 bits per heavy atom. The number of hydrogen-bond donors (Lipinski definition) is 0. The molecule has 0 amide bonds. The fourth-order valence-electron chi connectivity index (χ4n) is 3.24.